The van der Waals surface area contributed by atoms with Gasteiger partial charge in [0.1, 0.15) is 29.3 Å². The lowest BCUT2D eigenvalue weighted by Crippen LogP contribution is -2.12. The third-order valence-electron chi connectivity index (χ3n) is 5.09. The van der Waals surface area contributed by atoms with Crippen molar-refractivity contribution in [1.82, 2.24) is 24.7 Å². The van der Waals surface area contributed by atoms with Crippen LogP contribution in [-0.2, 0) is 6.42 Å². The minimum atomic E-state index is -0.327. The molecular formula is C19H23FN6S. The Morgan fingerprint density at radius 1 is 1.22 bits per heavy atom. The quantitative estimate of drug-likeness (QED) is 0.484. The van der Waals surface area contributed by atoms with Crippen molar-refractivity contribution in [3.05, 3.63) is 36.2 Å². The van der Waals surface area contributed by atoms with E-state index in [9.17, 15) is 4.39 Å². The molecule has 2 aromatic heterocycles. The lowest BCUT2D eigenvalue weighted by atomic mass is 10.2. The molecule has 1 fully saturated rings. The number of aryl methyl sites for hydroxylation is 1. The largest absolute Gasteiger partial charge is 0.369 e. The van der Waals surface area contributed by atoms with E-state index < -0.39 is 0 Å². The molecule has 0 saturated heterocycles. The second-order valence-electron chi connectivity index (χ2n) is 6.80. The van der Waals surface area contributed by atoms with Crippen molar-refractivity contribution in [1.29, 1.82) is 0 Å². The Kier molecular flexibility index (Phi) is 5.52. The lowest BCUT2D eigenvalue weighted by molar-refractivity contribution is 0.461. The molecule has 0 radical (unpaired) electrons. The number of nitrogens with zero attached hydrogens (tertiary/aromatic N) is 5. The molecule has 6 nitrogen and oxygen atoms in total. The summed E-state index contributed by atoms with van der Waals surface area (Å²) in [5.74, 6) is 1.40. The highest BCUT2D eigenvalue weighted by molar-refractivity contribution is 7.98. The van der Waals surface area contributed by atoms with Crippen LogP contribution in [0.1, 0.15) is 44.0 Å². The molecule has 0 amide bonds. The molecule has 4 rings (SSSR count). The Hall–Kier alpha value is -2.22. The van der Waals surface area contributed by atoms with Gasteiger partial charge in [0, 0.05) is 24.4 Å². The minimum Gasteiger partial charge on any atom is -0.369 e. The Balaban J connectivity index is 1.41. The molecule has 1 saturated carbocycles. The highest BCUT2D eigenvalue weighted by Gasteiger charge is 2.23. The van der Waals surface area contributed by atoms with E-state index in [0.29, 0.717) is 22.8 Å². The van der Waals surface area contributed by atoms with Crippen molar-refractivity contribution in [3.8, 4) is 0 Å². The molecular weight excluding hydrogens is 363 g/mol. The van der Waals surface area contributed by atoms with Crippen molar-refractivity contribution < 1.29 is 4.39 Å². The van der Waals surface area contributed by atoms with Crippen LogP contribution in [0.15, 0.2) is 29.7 Å². The van der Waals surface area contributed by atoms with E-state index in [1.54, 1.807) is 17.8 Å². The third-order valence-corrected chi connectivity index (χ3v) is 5.74. The van der Waals surface area contributed by atoms with Gasteiger partial charge in [-0.05, 0) is 37.7 Å². The molecule has 0 unspecified atom stereocenters. The number of aromatic nitrogens is 5. The van der Waals surface area contributed by atoms with E-state index in [2.05, 4.69) is 36.3 Å². The summed E-state index contributed by atoms with van der Waals surface area (Å²) < 4.78 is 16.2. The Morgan fingerprint density at radius 3 is 2.89 bits per heavy atom. The molecule has 142 valence electrons. The summed E-state index contributed by atoms with van der Waals surface area (Å²) in [6, 6.07) is 5.47. The van der Waals surface area contributed by atoms with Gasteiger partial charge in [-0.1, -0.05) is 30.7 Å². The van der Waals surface area contributed by atoms with Crippen LogP contribution < -0.4 is 5.32 Å². The number of fused-ring (bicyclic) bond motifs is 1. The van der Waals surface area contributed by atoms with Crippen LogP contribution in [0.4, 0.5) is 10.2 Å². The average molecular weight is 387 g/mol. The molecule has 2 heterocycles. The monoisotopic (exact) mass is 386 g/mol. The fraction of sp³-hybridized carbons (Fsp3) is 0.474. The van der Waals surface area contributed by atoms with Gasteiger partial charge in [-0.15, -0.1) is 10.2 Å². The van der Waals surface area contributed by atoms with Gasteiger partial charge >= 0.3 is 0 Å². The van der Waals surface area contributed by atoms with Gasteiger partial charge < -0.3 is 9.88 Å². The Bertz CT molecular complexity index is 922. The molecule has 1 aliphatic carbocycles. The van der Waals surface area contributed by atoms with Crippen molar-refractivity contribution in [3.63, 3.8) is 0 Å². The van der Waals surface area contributed by atoms with Crippen LogP contribution in [0.2, 0.25) is 0 Å². The van der Waals surface area contributed by atoms with E-state index in [-0.39, 0.29) is 5.82 Å². The number of nitrogens with one attached hydrogen (secondary N) is 1. The molecule has 1 N–H and O–H groups in total. The number of hydrogen-bond acceptors (Lipinski definition) is 6. The van der Waals surface area contributed by atoms with Crippen molar-refractivity contribution in [2.24, 2.45) is 0 Å². The molecule has 3 aromatic rings. The molecule has 1 aliphatic rings. The predicted molar refractivity (Wildman–Crippen MR) is 106 cm³/mol. The number of halogens is 1. The summed E-state index contributed by atoms with van der Waals surface area (Å²) in [6.07, 6.45) is 10.2. The van der Waals surface area contributed by atoms with Gasteiger partial charge in [0.25, 0.3) is 0 Å². The fourth-order valence-corrected chi connectivity index (χ4v) is 4.37. The van der Waals surface area contributed by atoms with Gasteiger partial charge in [0.15, 0.2) is 5.16 Å². The number of benzene rings is 1. The van der Waals surface area contributed by atoms with Crippen LogP contribution in [0.5, 0.6) is 0 Å². The third kappa shape index (κ3) is 3.76. The molecule has 0 bridgehead atoms. The summed E-state index contributed by atoms with van der Waals surface area (Å²) in [4.78, 5) is 8.30. The maximum Gasteiger partial charge on any atom is 0.191 e. The number of para-hydroxylation sites is 1. The van der Waals surface area contributed by atoms with Gasteiger partial charge in [-0.2, -0.15) is 0 Å². The first-order valence-corrected chi connectivity index (χ1v) is 10.6. The number of anilines is 1. The van der Waals surface area contributed by atoms with Gasteiger partial charge in [0.05, 0.1) is 0 Å². The SMILES string of the molecule is CSc1nnc(CCCNc2ncnc3c(F)cccc23)n1C1CCCC1. The second-order valence-corrected chi connectivity index (χ2v) is 7.57. The average Bonchev–Trinajstić information content (AvgIpc) is 3.35. The van der Waals surface area contributed by atoms with E-state index in [4.69, 9.17) is 0 Å². The normalized spacial score (nSPS) is 14.9. The maximum absolute atomic E-state index is 13.9. The summed E-state index contributed by atoms with van der Waals surface area (Å²) in [6.45, 7) is 0.731. The number of thioether (sulfide) groups is 1. The van der Waals surface area contributed by atoms with Gasteiger partial charge in [-0.3, -0.25) is 0 Å². The van der Waals surface area contributed by atoms with Crippen LogP contribution in [0.3, 0.4) is 0 Å². The molecule has 27 heavy (non-hydrogen) atoms. The number of rotatable bonds is 7. The first-order chi connectivity index (χ1) is 13.3. The first kappa shape index (κ1) is 18.2. The summed E-state index contributed by atoms with van der Waals surface area (Å²) in [7, 11) is 0. The standard InChI is InChI=1S/C19H23FN6S/c1-27-19-25-24-16(26(19)13-6-2-3-7-13)10-5-11-21-18-14-8-4-9-15(20)17(14)22-12-23-18/h4,8-9,12-13H,2-3,5-7,10-11H2,1H3,(H,21,22,23). The van der Waals surface area contributed by atoms with Crippen LogP contribution in [-0.4, -0.2) is 37.5 Å². The van der Waals surface area contributed by atoms with E-state index >= 15 is 0 Å². The van der Waals surface area contributed by atoms with Gasteiger partial charge in [-0.25, -0.2) is 14.4 Å². The highest BCUT2D eigenvalue weighted by Crippen LogP contribution is 2.33. The van der Waals surface area contributed by atoms with Crippen LogP contribution in [0, 0.1) is 5.82 Å². The summed E-state index contributed by atoms with van der Waals surface area (Å²) in [5, 5.41) is 13.8. The van der Waals surface area contributed by atoms with Crippen LogP contribution >= 0.6 is 11.8 Å². The van der Waals surface area contributed by atoms with Crippen molar-refractivity contribution in [2.45, 2.75) is 49.7 Å². The van der Waals surface area contributed by atoms with E-state index in [0.717, 1.165) is 30.4 Å². The topological polar surface area (TPSA) is 68.5 Å². The summed E-state index contributed by atoms with van der Waals surface area (Å²) >= 11 is 1.66. The lowest BCUT2D eigenvalue weighted by Gasteiger charge is -2.16. The molecule has 8 heteroatoms. The number of hydrogen-bond donors (Lipinski definition) is 1. The minimum absolute atomic E-state index is 0.327. The van der Waals surface area contributed by atoms with Crippen molar-refractivity contribution in [2.75, 3.05) is 18.1 Å². The van der Waals surface area contributed by atoms with Gasteiger partial charge in [0.2, 0.25) is 0 Å². The Labute approximate surface area is 162 Å². The highest BCUT2D eigenvalue weighted by atomic mass is 32.2. The first-order valence-electron chi connectivity index (χ1n) is 9.39. The molecule has 0 atom stereocenters. The predicted octanol–water partition coefficient (Wildman–Crippen LogP) is 4.24. The van der Waals surface area contributed by atoms with Crippen molar-refractivity contribution >= 4 is 28.5 Å². The smallest absolute Gasteiger partial charge is 0.191 e. The fourth-order valence-electron chi connectivity index (χ4n) is 3.79. The second kappa shape index (κ2) is 8.21. The zero-order valence-electron chi connectivity index (χ0n) is 15.4. The molecule has 0 spiro atoms. The van der Waals surface area contributed by atoms with E-state index in [1.807, 2.05) is 6.07 Å². The molecule has 1 aromatic carbocycles. The van der Waals surface area contributed by atoms with E-state index in [1.165, 1.54) is 38.1 Å². The maximum atomic E-state index is 13.9. The summed E-state index contributed by atoms with van der Waals surface area (Å²) in [5.41, 5.74) is 0.348. The van der Waals surface area contributed by atoms with Crippen LogP contribution in [0.25, 0.3) is 10.9 Å². The zero-order valence-corrected chi connectivity index (χ0v) is 16.2. The Morgan fingerprint density at radius 2 is 2.07 bits per heavy atom. The molecule has 0 aliphatic heterocycles. The zero-order chi connectivity index (χ0) is 18.6.